The molecular formula is C44H44Cl2HfSi. The van der Waals surface area contributed by atoms with Gasteiger partial charge < -0.3 is 0 Å². The van der Waals surface area contributed by atoms with E-state index in [2.05, 4.69) is 164 Å². The molecule has 0 fully saturated rings. The Kier molecular flexibility index (Phi) is 9.46. The van der Waals surface area contributed by atoms with E-state index in [0.29, 0.717) is 7.35 Å². The van der Waals surface area contributed by atoms with Crippen molar-refractivity contribution in [2.75, 3.05) is 0 Å². The molecule has 0 aromatic heterocycles. The van der Waals surface area contributed by atoms with Crippen molar-refractivity contribution in [2.24, 2.45) is 0 Å². The Bertz CT molecular complexity index is 2170. The summed E-state index contributed by atoms with van der Waals surface area (Å²) in [4.78, 5) is 0. The minimum Gasteiger partial charge on any atom is -0.147 e. The van der Waals surface area contributed by atoms with Crippen molar-refractivity contribution < 1.29 is 17.1 Å². The quantitative estimate of drug-likeness (QED) is 0.147. The molecule has 2 aliphatic rings. The van der Waals surface area contributed by atoms with E-state index < -0.39 is 17.1 Å². The molecule has 242 valence electrons. The predicted molar refractivity (Wildman–Crippen MR) is 214 cm³/mol. The molecule has 0 spiro atoms. The van der Waals surface area contributed by atoms with E-state index in [1.807, 2.05) is 0 Å². The van der Waals surface area contributed by atoms with Gasteiger partial charge in [0.2, 0.25) is 0 Å². The molecule has 2 atom stereocenters. The van der Waals surface area contributed by atoms with Gasteiger partial charge in [0.05, 0.1) is 0 Å². The Balaban J connectivity index is 0.00000201. The largest absolute Gasteiger partial charge is 0.147 e. The summed E-state index contributed by atoms with van der Waals surface area (Å²) in [6.07, 6.45) is 2.14. The Hall–Kier alpha value is -3.01. The van der Waals surface area contributed by atoms with E-state index in [4.69, 9.17) is 0 Å². The maximum absolute atomic E-state index is 4.00. The van der Waals surface area contributed by atoms with Crippen LogP contribution in [0.25, 0.3) is 32.7 Å². The maximum atomic E-state index is 2.81. The smallest absolute Gasteiger partial charge is 0.147 e. The molecule has 0 saturated heterocycles. The van der Waals surface area contributed by atoms with Gasteiger partial charge in [0.1, 0.15) is 0 Å². The summed E-state index contributed by atoms with van der Waals surface area (Å²) >= 11 is -4.00. The molecule has 0 nitrogen and oxygen atoms in total. The zero-order chi connectivity index (χ0) is 31.7. The zero-order valence-corrected chi connectivity index (χ0v) is 34.9. The van der Waals surface area contributed by atoms with Crippen molar-refractivity contribution in [3.05, 3.63) is 178 Å². The number of hydrogen-bond donors (Lipinski definition) is 0. The molecule has 0 bridgehead atoms. The van der Waals surface area contributed by atoms with Crippen molar-refractivity contribution in [1.29, 1.82) is 0 Å². The molecule has 6 aromatic rings. The Morgan fingerprint density at radius 2 is 0.792 bits per heavy atom. The Morgan fingerprint density at radius 3 is 1.21 bits per heavy atom. The molecule has 6 aromatic carbocycles. The van der Waals surface area contributed by atoms with Crippen LogP contribution in [0.1, 0.15) is 67.4 Å². The van der Waals surface area contributed by atoms with Crippen molar-refractivity contribution in [3.63, 3.8) is 0 Å². The van der Waals surface area contributed by atoms with Gasteiger partial charge in [-0.25, -0.2) is 0 Å². The number of halogens is 2. The molecule has 0 radical (unpaired) electrons. The van der Waals surface area contributed by atoms with Gasteiger partial charge in [-0.15, -0.1) is 24.8 Å². The fraction of sp³-hybridized carbons (Fsp3) is 0.182. The third-order valence-electron chi connectivity index (χ3n) is 11.2. The van der Waals surface area contributed by atoms with Crippen LogP contribution in [0.5, 0.6) is 0 Å². The van der Waals surface area contributed by atoms with Crippen LogP contribution in [0.2, 0.25) is 9.36 Å². The van der Waals surface area contributed by atoms with Gasteiger partial charge >= 0.3 is 278 Å². The van der Waals surface area contributed by atoms with E-state index in [1.54, 1.807) is 22.3 Å². The van der Waals surface area contributed by atoms with Crippen molar-refractivity contribution >= 4 is 64.4 Å². The van der Waals surface area contributed by atoms with Gasteiger partial charge in [-0.05, 0) is 0 Å². The molecule has 48 heavy (non-hydrogen) atoms. The number of allylic oxidation sites excluding steroid dienone is 2. The van der Waals surface area contributed by atoms with Gasteiger partial charge in [0.25, 0.3) is 0 Å². The predicted octanol–water partition coefficient (Wildman–Crippen LogP) is 12.4. The molecule has 2 aliphatic carbocycles. The fourth-order valence-corrected chi connectivity index (χ4v) is 38.3. The van der Waals surface area contributed by atoms with Gasteiger partial charge in [-0.2, -0.15) is 0 Å². The minimum atomic E-state index is -4.00. The molecule has 4 heteroatoms. The maximum Gasteiger partial charge on any atom is -0.147 e. The molecule has 0 aliphatic heterocycles. The van der Waals surface area contributed by atoms with Gasteiger partial charge in [-0.1, -0.05) is 0 Å². The number of hydrogen-bond acceptors (Lipinski definition) is 0. The van der Waals surface area contributed by atoms with Crippen LogP contribution in [-0.2, 0) is 17.1 Å². The second-order valence-electron chi connectivity index (χ2n) is 14.5. The molecule has 2 unspecified atom stereocenters. The van der Waals surface area contributed by atoms with Crippen LogP contribution in [0.3, 0.4) is 0 Å². The second-order valence-corrected chi connectivity index (χ2v) is 58.0. The summed E-state index contributed by atoms with van der Waals surface area (Å²) in [5.74, 6) is 0. The topological polar surface area (TPSA) is 0 Å². The van der Waals surface area contributed by atoms with E-state index in [0.717, 1.165) is 12.8 Å². The number of rotatable bonds is 6. The van der Waals surface area contributed by atoms with Gasteiger partial charge in [-0.3, -0.25) is 0 Å². The summed E-state index contributed by atoms with van der Waals surface area (Å²) in [7, 11) is 0. The molecule has 0 amide bonds. The van der Waals surface area contributed by atoms with Crippen LogP contribution in [0.15, 0.2) is 145 Å². The second kappa shape index (κ2) is 13.0. The van der Waals surface area contributed by atoms with Crippen LogP contribution in [-0.4, -0.2) is 6.94 Å². The average molecular weight is 850 g/mol. The number of benzene rings is 6. The van der Waals surface area contributed by atoms with Gasteiger partial charge in [0.15, 0.2) is 0 Å². The molecule has 0 N–H and O–H groups in total. The first-order valence-electron chi connectivity index (χ1n) is 17.0. The third kappa shape index (κ3) is 5.18. The van der Waals surface area contributed by atoms with Crippen LogP contribution in [0.4, 0.5) is 0 Å². The summed E-state index contributed by atoms with van der Waals surface area (Å²) in [6.45, 7) is 7.31. The first-order valence-corrected chi connectivity index (χ1v) is 36.7. The summed E-state index contributed by atoms with van der Waals surface area (Å²) < 4.78 is 6.58. The summed E-state index contributed by atoms with van der Waals surface area (Å²) in [5.41, 5.74) is 15.2. The third-order valence-corrected chi connectivity index (χ3v) is 36.2. The van der Waals surface area contributed by atoms with Crippen molar-refractivity contribution in [1.82, 2.24) is 0 Å². The first-order chi connectivity index (χ1) is 22.3. The molecular weight excluding hydrogens is 806 g/mol. The minimum absolute atomic E-state index is 0. The first kappa shape index (κ1) is 34.8. The van der Waals surface area contributed by atoms with Gasteiger partial charge in [0, 0.05) is 0 Å². The Labute approximate surface area is 300 Å². The molecule has 0 heterocycles. The molecule has 8 rings (SSSR count). The van der Waals surface area contributed by atoms with E-state index >= 15 is 0 Å². The normalized spacial score (nSPS) is 17.3. The van der Waals surface area contributed by atoms with E-state index in [9.17, 15) is 0 Å². The number of fused-ring (bicyclic) bond motifs is 4. The molecule has 0 saturated carbocycles. The Morgan fingerprint density at radius 1 is 0.458 bits per heavy atom. The monoisotopic (exact) mass is 850 g/mol. The van der Waals surface area contributed by atoms with E-state index in [1.165, 1.54) is 54.9 Å². The average Bonchev–Trinajstić information content (AvgIpc) is 3.62. The van der Waals surface area contributed by atoms with E-state index in [-0.39, 0.29) is 24.8 Å². The SMILES string of the molecule is CCC1=C(c2cccc3ccccc23)c2ccccc2[CH]1[Hf]([CH3])([CH3])(=[SiH2])[CH]1C(CC)=C(c2cccc3ccccc23)c2ccccc21.Cl.Cl. The van der Waals surface area contributed by atoms with Crippen LogP contribution >= 0.6 is 24.8 Å². The zero-order valence-electron chi connectivity index (χ0n) is 28.3. The fourth-order valence-electron chi connectivity index (χ4n) is 9.58. The van der Waals surface area contributed by atoms with Crippen LogP contribution in [0, 0.1) is 0 Å². The standard InChI is InChI=1S/2C21H17.2CH3.2ClH.Hf.H2Si/c2*1-2-15-14-17-9-4-6-12-19(17)21(15)20-13-7-10-16-8-3-5-11-18(16)20;;;;;;/h2*3-14H,2H2,1H3;2*1H3;2*1H;;1H2. The van der Waals surface area contributed by atoms with Crippen molar-refractivity contribution in [3.8, 4) is 0 Å². The summed E-state index contributed by atoms with van der Waals surface area (Å²) in [6, 6.07) is 50.6. The van der Waals surface area contributed by atoms with Crippen molar-refractivity contribution in [2.45, 2.75) is 43.4 Å². The summed E-state index contributed by atoms with van der Waals surface area (Å²) in [5, 5.41) is 5.37. The van der Waals surface area contributed by atoms with Crippen LogP contribution < -0.4 is 0 Å².